The Morgan fingerprint density at radius 3 is 2.93 bits per heavy atom. The maximum Gasteiger partial charge on any atom is 0.0859 e. The van der Waals surface area contributed by atoms with E-state index in [0.29, 0.717) is 0 Å². The van der Waals surface area contributed by atoms with Gasteiger partial charge in [-0.05, 0) is 31.0 Å². The highest BCUT2D eigenvalue weighted by molar-refractivity contribution is 5.35. The lowest BCUT2D eigenvalue weighted by Crippen LogP contribution is -1.99. The Bertz CT molecular complexity index is 432. The zero-order valence-electron chi connectivity index (χ0n) is 8.14. The van der Waals surface area contributed by atoms with Crippen LogP contribution in [0.25, 0.3) is 5.69 Å². The molecule has 0 aliphatic rings. The van der Waals surface area contributed by atoms with E-state index in [-0.39, 0.29) is 0 Å². The van der Waals surface area contributed by atoms with Crippen molar-refractivity contribution in [1.82, 2.24) is 15.0 Å². The first-order chi connectivity index (χ1) is 6.79. The minimum Gasteiger partial charge on any atom is -0.157 e. The third-order valence-corrected chi connectivity index (χ3v) is 2.04. The van der Waals surface area contributed by atoms with Crippen LogP contribution in [0, 0.1) is 6.92 Å². The maximum atomic E-state index is 4.32. The molecule has 0 fully saturated rings. The average Bonchev–Trinajstić information content (AvgIpc) is 2.66. The van der Waals surface area contributed by atoms with E-state index < -0.39 is 0 Å². The van der Waals surface area contributed by atoms with Gasteiger partial charge in [0, 0.05) is 0 Å². The fourth-order valence-electron chi connectivity index (χ4n) is 1.26. The Morgan fingerprint density at radius 2 is 2.29 bits per heavy atom. The highest BCUT2D eigenvalue weighted by atomic mass is 15.5. The first-order valence-corrected chi connectivity index (χ1v) is 4.63. The van der Waals surface area contributed by atoms with E-state index in [4.69, 9.17) is 0 Å². The quantitative estimate of drug-likeness (QED) is 0.718. The largest absolute Gasteiger partial charge is 0.157 e. The SMILES string of the molecule is [CH2]c1cccc(-n2ncc(CC)n2)c1. The zero-order valence-corrected chi connectivity index (χ0v) is 8.14. The van der Waals surface area contributed by atoms with E-state index in [1.54, 1.807) is 11.0 Å². The zero-order chi connectivity index (χ0) is 9.97. The molecule has 0 aliphatic heterocycles. The summed E-state index contributed by atoms with van der Waals surface area (Å²) >= 11 is 0. The van der Waals surface area contributed by atoms with Gasteiger partial charge in [-0.2, -0.15) is 15.0 Å². The summed E-state index contributed by atoms with van der Waals surface area (Å²) in [6, 6.07) is 7.83. The fourth-order valence-corrected chi connectivity index (χ4v) is 1.26. The molecule has 3 nitrogen and oxygen atoms in total. The van der Waals surface area contributed by atoms with Gasteiger partial charge in [0.1, 0.15) is 0 Å². The fraction of sp³-hybridized carbons (Fsp3) is 0.182. The van der Waals surface area contributed by atoms with Gasteiger partial charge in [0.15, 0.2) is 0 Å². The second-order valence-corrected chi connectivity index (χ2v) is 3.15. The van der Waals surface area contributed by atoms with E-state index >= 15 is 0 Å². The van der Waals surface area contributed by atoms with E-state index in [1.807, 2.05) is 24.3 Å². The Kier molecular flexibility index (Phi) is 2.31. The van der Waals surface area contributed by atoms with Crippen molar-refractivity contribution >= 4 is 0 Å². The molecule has 0 spiro atoms. The van der Waals surface area contributed by atoms with Crippen molar-refractivity contribution in [3.05, 3.63) is 48.6 Å². The molecule has 3 heteroatoms. The molecular weight excluding hydrogens is 174 g/mol. The van der Waals surface area contributed by atoms with Crippen molar-refractivity contribution in [1.29, 1.82) is 0 Å². The molecule has 0 saturated heterocycles. The summed E-state index contributed by atoms with van der Waals surface area (Å²) in [6.07, 6.45) is 2.69. The predicted molar refractivity (Wildman–Crippen MR) is 55.2 cm³/mol. The normalized spacial score (nSPS) is 10.4. The minimum absolute atomic E-state index is 0.907. The van der Waals surface area contributed by atoms with Gasteiger partial charge in [0.2, 0.25) is 0 Å². The molecule has 0 saturated carbocycles. The first-order valence-electron chi connectivity index (χ1n) is 4.63. The third-order valence-electron chi connectivity index (χ3n) is 2.04. The maximum absolute atomic E-state index is 4.32. The van der Waals surface area contributed by atoms with Gasteiger partial charge in [-0.15, -0.1) is 0 Å². The number of aryl methyl sites for hydroxylation is 1. The summed E-state index contributed by atoms with van der Waals surface area (Å²) in [7, 11) is 0. The van der Waals surface area contributed by atoms with Crippen molar-refractivity contribution in [3.63, 3.8) is 0 Å². The monoisotopic (exact) mass is 186 g/mol. The van der Waals surface area contributed by atoms with Crippen LogP contribution in [0.5, 0.6) is 0 Å². The molecule has 0 atom stereocenters. The number of hydrogen-bond acceptors (Lipinski definition) is 2. The Labute approximate surface area is 83.4 Å². The van der Waals surface area contributed by atoms with Gasteiger partial charge in [-0.1, -0.05) is 19.1 Å². The lowest BCUT2D eigenvalue weighted by Gasteiger charge is -1.99. The molecule has 14 heavy (non-hydrogen) atoms. The van der Waals surface area contributed by atoms with Gasteiger partial charge >= 0.3 is 0 Å². The topological polar surface area (TPSA) is 30.7 Å². The second-order valence-electron chi connectivity index (χ2n) is 3.15. The predicted octanol–water partition coefficient (Wildman–Crippen LogP) is 2.01. The number of benzene rings is 1. The average molecular weight is 186 g/mol. The van der Waals surface area contributed by atoms with Gasteiger partial charge < -0.3 is 0 Å². The van der Waals surface area contributed by atoms with Crippen LogP contribution in [-0.2, 0) is 6.42 Å². The summed E-state index contributed by atoms with van der Waals surface area (Å²) in [5.74, 6) is 0. The van der Waals surface area contributed by atoms with Gasteiger partial charge in [0.25, 0.3) is 0 Å². The number of aromatic nitrogens is 3. The van der Waals surface area contributed by atoms with Crippen LogP contribution in [0.3, 0.4) is 0 Å². The lowest BCUT2D eigenvalue weighted by atomic mass is 10.2. The first kappa shape index (κ1) is 8.94. The van der Waals surface area contributed by atoms with Crippen molar-refractivity contribution < 1.29 is 0 Å². The molecule has 71 valence electrons. The third kappa shape index (κ3) is 1.66. The van der Waals surface area contributed by atoms with Crippen LogP contribution >= 0.6 is 0 Å². The Balaban J connectivity index is 2.39. The van der Waals surface area contributed by atoms with Crippen LogP contribution < -0.4 is 0 Å². The van der Waals surface area contributed by atoms with Crippen LogP contribution in [0.4, 0.5) is 0 Å². The molecule has 2 aromatic rings. The summed E-state index contributed by atoms with van der Waals surface area (Å²) in [5.41, 5.74) is 2.93. The summed E-state index contributed by atoms with van der Waals surface area (Å²) in [4.78, 5) is 1.63. The van der Waals surface area contributed by atoms with Gasteiger partial charge in [-0.25, -0.2) is 0 Å². The summed E-state index contributed by atoms with van der Waals surface area (Å²) < 4.78 is 0. The van der Waals surface area contributed by atoms with Gasteiger partial charge in [0.05, 0.1) is 17.6 Å². The van der Waals surface area contributed by atoms with E-state index in [0.717, 1.165) is 23.4 Å². The molecular formula is C11H12N3. The second kappa shape index (κ2) is 3.62. The van der Waals surface area contributed by atoms with Crippen LogP contribution in [0.15, 0.2) is 30.5 Å². The Morgan fingerprint density at radius 1 is 1.43 bits per heavy atom. The Hall–Kier alpha value is -1.64. The van der Waals surface area contributed by atoms with Crippen molar-refractivity contribution in [2.45, 2.75) is 13.3 Å². The minimum atomic E-state index is 0.907. The summed E-state index contributed by atoms with van der Waals surface area (Å²) in [5, 5.41) is 8.49. The van der Waals surface area contributed by atoms with Crippen LogP contribution in [0.2, 0.25) is 0 Å². The van der Waals surface area contributed by atoms with Crippen LogP contribution in [-0.4, -0.2) is 15.0 Å². The lowest BCUT2D eigenvalue weighted by molar-refractivity contribution is 0.739. The molecule has 2 rings (SSSR count). The smallest absolute Gasteiger partial charge is 0.0859 e. The molecule has 1 aromatic carbocycles. The van der Waals surface area contributed by atoms with E-state index in [9.17, 15) is 0 Å². The molecule has 1 radical (unpaired) electrons. The molecule has 0 aliphatic carbocycles. The number of rotatable bonds is 2. The molecule has 1 heterocycles. The van der Waals surface area contributed by atoms with Crippen molar-refractivity contribution in [2.24, 2.45) is 0 Å². The van der Waals surface area contributed by atoms with Crippen molar-refractivity contribution in [3.8, 4) is 5.69 Å². The highest BCUT2D eigenvalue weighted by Gasteiger charge is 2.00. The number of hydrogen-bond donors (Lipinski definition) is 0. The molecule has 0 bridgehead atoms. The highest BCUT2D eigenvalue weighted by Crippen LogP contribution is 2.07. The summed E-state index contributed by atoms with van der Waals surface area (Å²) in [6.45, 7) is 5.93. The molecule has 0 unspecified atom stereocenters. The molecule has 0 amide bonds. The van der Waals surface area contributed by atoms with Gasteiger partial charge in [-0.3, -0.25) is 0 Å². The van der Waals surface area contributed by atoms with E-state index in [1.165, 1.54) is 0 Å². The van der Waals surface area contributed by atoms with E-state index in [2.05, 4.69) is 24.0 Å². The molecule has 0 N–H and O–H groups in total. The standard InChI is InChI=1S/C11H12N3/c1-3-10-8-12-14(13-10)11-6-4-5-9(2)7-11/h4-8H,2-3H2,1H3. The van der Waals surface area contributed by atoms with Crippen molar-refractivity contribution in [2.75, 3.05) is 0 Å². The molecule has 1 aromatic heterocycles. The number of nitrogens with zero attached hydrogens (tertiary/aromatic N) is 3. The van der Waals surface area contributed by atoms with Crippen LogP contribution in [0.1, 0.15) is 18.2 Å².